The molecule has 2 nitrogen and oxygen atoms in total. The monoisotopic (exact) mass is 246 g/mol. The second-order valence-electron chi connectivity index (χ2n) is 3.81. The topological polar surface area (TPSA) is 37.3 Å². The number of ketones is 1. The summed E-state index contributed by atoms with van der Waals surface area (Å²) in [6.45, 7) is 1.78. The number of hydrogen-bond donors (Lipinski definition) is 1. The van der Waals surface area contributed by atoms with E-state index in [1.54, 1.807) is 43.3 Å². The van der Waals surface area contributed by atoms with Crippen molar-refractivity contribution in [2.75, 3.05) is 0 Å². The first-order chi connectivity index (χ1) is 8.09. The fourth-order valence-corrected chi connectivity index (χ4v) is 1.91. The summed E-state index contributed by atoms with van der Waals surface area (Å²) in [5.74, 6) is 0.0197. The molecule has 0 aliphatic carbocycles. The molecular weight excluding hydrogens is 236 g/mol. The third kappa shape index (κ3) is 2.32. The molecule has 0 aliphatic rings. The molecular formula is C14H11ClO2. The highest BCUT2D eigenvalue weighted by Crippen LogP contribution is 2.22. The predicted octanol–water partition coefficient (Wildman–Crippen LogP) is 3.59. The third-order valence-electron chi connectivity index (χ3n) is 2.57. The van der Waals surface area contributed by atoms with Gasteiger partial charge in [-0.2, -0.15) is 0 Å². The minimum Gasteiger partial charge on any atom is -0.508 e. The zero-order valence-electron chi connectivity index (χ0n) is 9.27. The van der Waals surface area contributed by atoms with Crippen LogP contribution in [0.25, 0.3) is 0 Å². The number of benzene rings is 2. The number of phenols is 1. The van der Waals surface area contributed by atoms with Crippen molar-refractivity contribution in [3.8, 4) is 5.75 Å². The maximum Gasteiger partial charge on any atom is 0.194 e. The minimum atomic E-state index is -0.131. The van der Waals surface area contributed by atoms with Crippen molar-refractivity contribution in [2.24, 2.45) is 0 Å². The summed E-state index contributed by atoms with van der Waals surface area (Å²) in [4.78, 5) is 12.2. The number of aromatic hydroxyl groups is 1. The molecule has 0 aromatic heterocycles. The van der Waals surface area contributed by atoms with Gasteiger partial charge in [0.1, 0.15) is 5.75 Å². The van der Waals surface area contributed by atoms with Crippen molar-refractivity contribution in [1.29, 1.82) is 0 Å². The molecule has 0 aliphatic heterocycles. The summed E-state index contributed by atoms with van der Waals surface area (Å²) in [6, 6.07) is 11.6. The van der Waals surface area contributed by atoms with Crippen LogP contribution in [0.5, 0.6) is 5.75 Å². The molecule has 3 heteroatoms. The Kier molecular flexibility index (Phi) is 3.16. The van der Waals surface area contributed by atoms with Gasteiger partial charge in [0.15, 0.2) is 5.78 Å². The van der Waals surface area contributed by atoms with Crippen LogP contribution >= 0.6 is 11.6 Å². The normalized spacial score (nSPS) is 10.2. The van der Waals surface area contributed by atoms with Crippen LogP contribution in [0.4, 0.5) is 0 Å². The van der Waals surface area contributed by atoms with Gasteiger partial charge in [0.2, 0.25) is 0 Å². The Labute approximate surface area is 104 Å². The maximum atomic E-state index is 12.2. The van der Waals surface area contributed by atoms with E-state index >= 15 is 0 Å². The van der Waals surface area contributed by atoms with Crippen LogP contribution in [0.1, 0.15) is 21.5 Å². The fourth-order valence-electron chi connectivity index (χ4n) is 1.69. The van der Waals surface area contributed by atoms with Gasteiger partial charge in [-0.15, -0.1) is 0 Å². The van der Waals surface area contributed by atoms with Crippen molar-refractivity contribution in [3.63, 3.8) is 0 Å². The van der Waals surface area contributed by atoms with E-state index in [1.165, 1.54) is 6.07 Å². The first-order valence-electron chi connectivity index (χ1n) is 5.18. The van der Waals surface area contributed by atoms with E-state index < -0.39 is 0 Å². The number of carbonyl (C=O) groups excluding carboxylic acids is 1. The zero-order valence-corrected chi connectivity index (χ0v) is 10.0. The van der Waals surface area contributed by atoms with Crippen molar-refractivity contribution < 1.29 is 9.90 Å². The Morgan fingerprint density at radius 3 is 2.47 bits per heavy atom. The lowest BCUT2D eigenvalue weighted by atomic mass is 9.99. The first-order valence-corrected chi connectivity index (χ1v) is 5.56. The standard InChI is InChI=1S/C14H11ClO2/c1-9-8-10(16)6-7-11(9)14(17)12-4-2-3-5-13(12)15/h2-8,16H,1H3. The van der Waals surface area contributed by atoms with Gasteiger partial charge >= 0.3 is 0 Å². The molecule has 2 aromatic carbocycles. The molecule has 17 heavy (non-hydrogen) atoms. The summed E-state index contributed by atoms with van der Waals surface area (Å²) in [5, 5.41) is 9.74. The molecule has 0 saturated carbocycles. The molecule has 2 rings (SSSR count). The molecule has 0 atom stereocenters. The van der Waals surface area contributed by atoms with Gasteiger partial charge in [-0.3, -0.25) is 4.79 Å². The number of aryl methyl sites for hydroxylation is 1. The molecule has 1 N–H and O–H groups in total. The largest absolute Gasteiger partial charge is 0.508 e. The van der Waals surface area contributed by atoms with Crippen LogP contribution < -0.4 is 0 Å². The lowest BCUT2D eigenvalue weighted by molar-refractivity contribution is 0.103. The van der Waals surface area contributed by atoms with Gasteiger partial charge in [-0.25, -0.2) is 0 Å². The van der Waals surface area contributed by atoms with E-state index in [1.807, 2.05) is 0 Å². The summed E-state index contributed by atoms with van der Waals surface area (Å²) in [5.41, 5.74) is 1.76. The molecule has 2 aromatic rings. The SMILES string of the molecule is Cc1cc(O)ccc1C(=O)c1ccccc1Cl. The van der Waals surface area contributed by atoms with Gasteiger partial charge in [-0.1, -0.05) is 23.7 Å². The molecule has 0 unspecified atom stereocenters. The van der Waals surface area contributed by atoms with E-state index in [-0.39, 0.29) is 11.5 Å². The van der Waals surface area contributed by atoms with Gasteiger partial charge in [-0.05, 0) is 42.8 Å². The van der Waals surface area contributed by atoms with E-state index in [9.17, 15) is 9.90 Å². The van der Waals surface area contributed by atoms with Crippen molar-refractivity contribution in [2.45, 2.75) is 6.92 Å². The molecule has 0 fully saturated rings. The molecule has 0 spiro atoms. The maximum absolute atomic E-state index is 12.2. The van der Waals surface area contributed by atoms with Crippen LogP contribution in [0, 0.1) is 6.92 Å². The number of phenolic OH excluding ortho intramolecular Hbond substituents is 1. The summed E-state index contributed by atoms with van der Waals surface area (Å²) >= 11 is 5.98. The lowest BCUT2D eigenvalue weighted by Gasteiger charge is -2.06. The predicted molar refractivity (Wildman–Crippen MR) is 67.7 cm³/mol. The average Bonchev–Trinajstić information content (AvgIpc) is 2.29. The second kappa shape index (κ2) is 4.60. The van der Waals surface area contributed by atoms with E-state index in [0.29, 0.717) is 16.1 Å². The van der Waals surface area contributed by atoms with Crippen molar-refractivity contribution in [3.05, 3.63) is 64.2 Å². The number of halogens is 1. The van der Waals surface area contributed by atoms with Crippen LogP contribution in [0.15, 0.2) is 42.5 Å². The number of carbonyl (C=O) groups is 1. The summed E-state index contributed by atoms with van der Waals surface area (Å²) in [7, 11) is 0. The minimum absolute atomic E-state index is 0.131. The zero-order chi connectivity index (χ0) is 12.4. The Hall–Kier alpha value is -1.80. The van der Waals surface area contributed by atoms with Crippen molar-refractivity contribution >= 4 is 17.4 Å². The summed E-state index contributed by atoms with van der Waals surface area (Å²) in [6.07, 6.45) is 0. The highest BCUT2D eigenvalue weighted by Gasteiger charge is 2.14. The molecule has 0 radical (unpaired) electrons. The van der Waals surface area contributed by atoms with Gasteiger partial charge in [0.25, 0.3) is 0 Å². The highest BCUT2D eigenvalue weighted by molar-refractivity contribution is 6.35. The van der Waals surface area contributed by atoms with E-state index in [4.69, 9.17) is 11.6 Å². The van der Waals surface area contributed by atoms with Crippen molar-refractivity contribution in [1.82, 2.24) is 0 Å². The van der Waals surface area contributed by atoms with Gasteiger partial charge < -0.3 is 5.11 Å². The smallest absolute Gasteiger partial charge is 0.194 e. The quantitative estimate of drug-likeness (QED) is 0.823. The Bertz CT molecular complexity index is 576. The van der Waals surface area contributed by atoms with Crippen LogP contribution in [-0.4, -0.2) is 10.9 Å². The van der Waals surface area contributed by atoms with Gasteiger partial charge in [0, 0.05) is 11.1 Å². The second-order valence-corrected chi connectivity index (χ2v) is 4.22. The number of hydrogen-bond acceptors (Lipinski definition) is 2. The number of rotatable bonds is 2. The highest BCUT2D eigenvalue weighted by atomic mass is 35.5. The van der Waals surface area contributed by atoms with E-state index in [0.717, 1.165) is 5.56 Å². The lowest BCUT2D eigenvalue weighted by Crippen LogP contribution is -2.04. The van der Waals surface area contributed by atoms with Crippen LogP contribution in [-0.2, 0) is 0 Å². The Balaban J connectivity index is 2.48. The molecule has 0 bridgehead atoms. The van der Waals surface area contributed by atoms with Gasteiger partial charge in [0.05, 0.1) is 5.02 Å². The molecule has 86 valence electrons. The fraction of sp³-hybridized carbons (Fsp3) is 0.0714. The Morgan fingerprint density at radius 1 is 1.12 bits per heavy atom. The van der Waals surface area contributed by atoms with Crippen LogP contribution in [0.2, 0.25) is 5.02 Å². The van der Waals surface area contributed by atoms with Crippen LogP contribution in [0.3, 0.4) is 0 Å². The molecule has 0 heterocycles. The average molecular weight is 247 g/mol. The van der Waals surface area contributed by atoms with E-state index in [2.05, 4.69) is 0 Å². The summed E-state index contributed by atoms with van der Waals surface area (Å²) < 4.78 is 0. The Morgan fingerprint density at radius 2 is 1.82 bits per heavy atom. The molecule has 0 amide bonds. The third-order valence-corrected chi connectivity index (χ3v) is 2.90. The molecule has 0 saturated heterocycles. The first kappa shape index (κ1) is 11.7.